The lowest BCUT2D eigenvalue weighted by Gasteiger charge is -2.15. The number of nitrogens with two attached hydrogens (primary N) is 1. The maximum atomic E-state index is 12.6. The minimum Gasteiger partial charge on any atom is -0.490 e. The number of carbonyl (C=O) groups is 1. The Morgan fingerprint density at radius 2 is 2.00 bits per heavy atom. The van der Waals surface area contributed by atoms with Crippen molar-refractivity contribution >= 4 is 28.6 Å². The predicted molar refractivity (Wildman–Crippen MR) is 112 cm³/mol. The molecule has 0 radical (unpaired) electrons. The molecule has 0 unspecified atom stereocenters. The molecule has 1 atom stereocenters. The van der Waals surface area contributed by atoms with Crippen molar-refractivity contribution in [1.29, 1.82) is 0 Å². The van der Waals surface area contributed by atoms with Gasteiger partial charge >= 0.3 is 5.69 Å². The van der Waals surface area contributed by atoms with Crippen LogP contribution in [0, 0.1) is 17.0 Å². The summed E-state index contributed by atoms with van der Waals surface area (Å²) >= 11 is 1.65. The van der Waals surface area contributed by atoms with Crippen LogP contribution < -0.4 is 15.4 Å². The number of thiophene rings is 1. The lowest BCUT2D eigenvalue weighted by molar-refractivity contribution is -0.675. The normalized spacial score (nSPS) is 11.7. The van der Waals surface area contributed by atoms with Crippen molar-refractivity contribution in [1.82, 2.24) is 0 Å². The summed E-state index contributed by atoms with van der Waals surface area (Å²) in [5, 5.41) is 18.0. The van der Waals surface area contributed by atoms with E-state index in [9.17, 15) is 14.9 Å². The summed E-state index contributed by atoms with van der Waals surface area (Å²) in [6, 6.07) is 17.0. The Balaban J connectivity index is 1.72. The smallest absolute Gasteiger partial charge is 0.311 e. The summed E-state index contributed by atoms with van der Waals surface area (Å²) in [5.41, 5.74) is 2.09. The van der Waals surface area contributed by atoms with Crippen molar-refractivity contribution in [3.05, 3.63) is 86.1 Å². The second kappa shape index (κ2) is 9.31. The Morgan fingerprint density at radius 1 is 1.24 bits per heavy atom. The second-order valence-corrected chi connectivity index (χ2v) is 7.47. The topological polar surface area (TPSA) is 98.1 Å². The zero-order chi connectivity index (χ0) is 20.8. The van der Waals surface area contributed by atoms with Crippen LogP contribution in [0.15, 0.2) is 60.0 Å². The van der Waals surface area contributed by atoms with E-state index in [4.69, 9.17) is 4.74 Å². The molecule has 0 aliphatic heterocycles. The SMILES string of the molecule is COc1cc(NC(=O)C[NH2+][C@H](c2ccccc2)c2cccs2)c(C)cc1[N+](=O)[O-]. The van der Waals surface area contributed by atoms with E-state index in [1.54, 1.807) is 18.3 Å². The van der Waals surface area contributed by atoms with Crippen LogP contribution in [0.1, 0.15) is 22.0 Å². The van der Waals surface area contributed by atoms with Crippen LogP contribution in [0.2, 0.25) is 0 Å². The van der Waals surface area contributed by atoms with E-state index in [2.05, 4.69) is 11.4 Å². The number of ether oxygens (including phenoxy) is 1. The van der Waals surface area contributed by atoms with Crippen LogP contribution in [0.4, 0.5) is 11.4 Å². The highest BCUT2D eigenvalue weighted by atomic mass is 32.1. The van der Waals surface area contributed by atoms with Gasteiger partial charge in [-0.05, 0) is 23.9 Å². The van der Waals surface area contributed by atoms with Gasteiger partial charge in [-0.3, -0.25) is 14.9 Å². The number of anilines is 1. The van der Waals surface area contributed by atoms with Crippen molar-refractivity contribution in [3.63, 3.8) is 0 Å². The first-order chi connectivity index (χ1) is 14.0. The number of quaternary nitrogens is 1. The van der Waals surface area contributed by atoms with Crippen molar-refractivity contribution in [2.45, 2.75) is 13.0 Å². The minimum atomic E-state index is -0.503. The number of nitrogens with one attached hydrogen (secondary N) is 1. The molecule has 0 saturated heterocycles. The molecule has 0 saturated carbocycles. The number of nitro groups is 1. The molecule has 3 aromatic rings. The zero-order valence-electron chi connectivity index (χ0n) is 16.1. The van der Waals surface area contributed by atoms with Crippen LogP contribution in [0.5, 0.6) is 5.75 Å². The standard InChI is InChI=1S/C21H21N3O4S/c1-14-11-17(24(26)27)18(28-2)12-16(14)23-20(25)13-22-21(19-9-6-10-29-19)15-7-4-3-5-8-15/h3-12,21-22H,13H2,1-2H3,(H,23,25)/p+1/t21-/m1/s1. The van der Waals surface area contributed by atoms with Gasteiger partial charge in [-0.15, -0.1) is 11.3 Å². The van der Waals surface area contributed by atoms with E-state index in [1.165, 1.54) is 19.2 Å². The Hall–Kier alpha value is -3.23. The number of benzene rings is 2. The van der Waals surface area contributed by atoms with E-state index in [0.717, 1.165) is 10.4 Å². The third-order valence-electron chi connectivity index (χ3n) is 4.54. The molecule has 0 spiro atoms. The minimum absolute atomic E-state index is 0.0226. The molecular formula is C21H22N3O4S+. The zero-order valence-corrected chi connectivity index (χ0v) is 16.9. The number of nitro benzene ring substituents is 1. The number of amides is 1. The van der Waals surface area contributed by atoms with E-state index >= 15 is 0 Å². The summed E-state index contributed by atoms with van der Waals surface area (Å²) in [5.74, 6) is -0.0814. The van der Waals surface area contributed by atoms with Gasteiger partial charge in [0.1, 0.15) is 6.04 Å². The summed E-state index contributed by atoms with van der Waals surface area (Å²) in [6.45, 7) is 1.92. The molecule has 1 amide bonds. The fraction of sp³-hybridized carbons (Fsp3) is 0.190. The van der Waals surface area contributed by atoms with E-state index in [0.29, 0.717) is 11.3 Å². The van der Waals surface area contributed by atoms with E-state index in [-0.39, 0.29) is 29.9 Å². The van der Waals surface area contributed by atoms with Crippen LogP contribution in [0.3, 0.4) is 0 Å². The predicted octanol–water partition coefficient (Wildman–Crippen LogP) is 3.26. The molecule has 7 nitrogen and oxygen atoms in total. The molecule has 3 rings (SSSR count). The Morgan fingerprint density at radius 3 is 2.62 bits per heavy atom. The number of rotatable bonds is 8. The first-order valence-electron chi connectivity index (χ1n) is 9.04. The monoisotopic (exact) mass is 412 g/mol. The highest BCUT2D eigenvalue weighted by Crippen LogP contribution is 2.32. The van der Waals surface area contributed by atoms with Crippen LogP contribution in [0.25, 0.3) is 0 Å². The first kappa shape index (κ1) is 20.5. The average molecular weight is 412 g/mol. The number of carbonyl (C=O) groups excluding carboxylic acids is 1. The summed E-state index contributed by atoms with van der Waals surface area (Å²) in [4.78, 5) is 24.4. The average Bonchev–Trinajstić information content (AvgIpc) is 3.24. The van der Waals surface area contributed by atoms with Crippen molar-refractivity contribution in [2.24, 2.45) is 0 Å². The van der Waals surface area contributed by atoms with E-state index in [1.807, 2.05) is 47.1 Å². The third-order valence-corrected chi connectivity index (χ3v) is 5.50. The largest absolute Gasteiger partial charge is 0.490 e. The molecule has 150 valence electrons. The Bertz CT molecular complexity index is 991. The molecule has 1 heterocycles. The van der Waals surface area contributed by atoms with Crippen LogP contribution in [-0.4, -0.2) is 24.5 Å². The molecule has 1 aromatic heterocycles. The quantitative estimate of drug-likeness (QED) is 0.438. The Kier molecular flexibility index (Phi) is 6.58. The molecule has 0 fully saturated rings. The van der Waals surface area contributed by atoms with Gasteiger partial charge in [0.15, 0.2) is 12.3 Å². The molecule has 0 bridgehead atoms. The van der Waals surface area contributed by atoms with Gasteiger partial charge in [0, 0.05) is 23.4 Å². The van der Waals surface area contributed by atoms with Gasteiger partial charge < -0.3 is 15.4 Å². The maximum Gasteiger partial charge on any atom is 0.311 e. The summed E-state index contributed by atoms with van der Waals surface area (Å²) in [7, 11) is 1.36. The number of nitrogens with zero attached hydrogens (tertiary/aromatic N) is 1. The Labute approximate surface area is 172 Å². The molecule has 2 aromatic carbocycles. The van der Waals surface area contributed by atoms with Gasteiger partial charge in [0.2, 0.25) is 0 Å². The fourth-order valence-corrected chi connectivity index (χ4v) is 3.94. The number of hydrogen-bond donors (Lipinski definition) is 2. The highest BCUT2D eigenvalue weighted by molar-refractivity contribution is 7.10. The van der Waals surface area contributed by atoms with E-state index < -0.39 is 4.92 Å². The molecule has 8 heteroatoms. The number of hydrogen-bond acceptors (Lipinski definition) is 5. The number of aryl methyl sites for hydroxylation is 1. The van der Waals surface area contributed by atoms with Gasteiger partial charge in [-0.2, -0.15) is 0 Å². The lowest BCUT2D eigenvalue weighted by Crippen LogP contribution is -2.87. The fourth-order valence-electron chi connectivity index (χ4n) is 3.08. The van der Waals surface area contributed by atoms with Gasteiger partial charge in [0.25, 0.3) is 5.91 Å². The third kappa shape index (κ3) is 4.98. The summed E-state index contributed by atoms with van der Waals surface area (Å²) < 4.78 is 5.09. The molecule has 29 heavy (non-hydrogen) atoms. The van der Waals surface area contributed by atoms with Crippen molar-refractivity contribution in [2.75, 3.05) is 19.0 Å². The molecule has 0 aliphatic carbocycles. The van der Waals surface area contributed by atoms with Crippen LogP contribution >= 0.6 is 11.3 Å². The molecular weight excluding hydrogens is 390 g/mol. The van der Waals surface area contributed by atoms with Gasteiger partial charge in [-0.1, -0.05) is 36.4 Å². The summed E-state index contributed by atoms with van der Waals surface area (Å²) in [6.07, 6.45) is 0. The second-order valence-electron chi connectivity index (χ2n) is 6.49. The van der Waals surface area contributed by atoms with Crippen molar-refractivity contribution < 1.29 is 19.8 Å². The van der Waals surface area contributed by atoms with Crippen molar-refractivity contribution in [3.8, 4) is 5.75 Å². The maximum absolute atomic E-state index is 12.6. The number of methoxy groups -OCH3 is 1. The lowest BCUT2D eigenvalue weighted by atomic mass is 10.1. The first-order valence-corrected chi connectivity index (χ1v) is 9.92. The van der Waals surface area contributed by atoms with Crippen LogP contribution in [-0.2, 0) is 4.79 Å². The van der Waals surface area contributed by atoms with Gasteiger partial charge in [-0.25, -0.2) is 0 Å². The molecule has 0 aliphatic rings. The van der Waals surface area contributed by atoms with Gasteiger partial charge in [0.05, 0.1) is 16.9 Å². The highest BCUT2D eigenvalue weighted by Gasteiger charge is 2.21. The molecule has 3 N–H and O–H groups in total.